The number of sulfonamides is 1. The molecule has 0 unspecified atom stereocenters. The Balaban J connectivity index is 1.48. The molecule has 2 N–H and O–H groups in total. The van der Waals surface area contributed by atoms with Gasteiger partial charge in [0.05, 0.1) is 17.3 Å². The summed E-state index contributed by atoms with van der Waals surface area (Å²) in [6.45, 7) is 3.24. The number of piperidine rings is 1. The van der Waals surface area contributed by atoms with Crippen molar-refractivity contribution in [1.82, 2.24) is 20.1 Å². The van der Waals surface area contributed by atoms with E-state index in [-0.39, 0.29) is 4.90 Å². The molecule has 0 saturated carbocycles. The smallest absolute Gasteiger partial charge is 0.238 e. The zero-order chi connectivity index (χ0) is 17.0. The van der Waals surface area contributed by atoms with Crippen LogP contribution >= 0.6 is 0 Å². The Morgan fingerprint density at radius 2 is 2.08 bits per heavy atom. The highest BCUT2D eigenvalue weighted by molar-refractivity contribution is 7.89. The van der Waals surface area contributed by atoms with Crippen molar-refractivity contribution in [2.45, 2.75) is 24.3 Å². The summed E-state index contributed by atoms with van der Waals surface area (Å²) in [6, 6.07) is 6.82. The van der Waals surface area contributed by atoms with Gasteiger partial charge in [0.2, 0.25) is 10.0 Å². The van der Waals surface area contributed by atoms with Crippen molar-refractivity contribution < 1.29 is 13.3 Å². The molecule has 9 heteroatoms. The molecule has 0 bridgehead atoms. The molecule has 1 aromatic heterocycles. The van der Waals surface area contributed by atoms with Crippen LogP contribution in [0.2, 0.25) is 0 Å². The second-order valence-electron chi connectivity index (χ2n) is 6.01. The van der Waals surface area contributed by atoms with Crippen LogP contribution in [0.4, 0.5) is 0 Å². The average Bonchev–Trinajstić information content (AvgIpc) is 3.07. The lowest BCUT2D eigenvalue weighted by atomic mass is 9.97. The first-order chi connectivity index (χ1) is 11.5. The van der Waals surface area contributed by atoms with Crippen LogP contribution in [0.3, 0.4) is 0 Å². The van der Waals surface area contributed by atoms with Crippen molar-refractivity contribution in [3.8, 4) is 0 Å². The Morgan fingerprint density at radius 1 is 1.29 bits per heavy atom. The summed E-state index contributed by atoms with van der Waals surface area (Å²) in [5, 5.41) is 12.7. The van der Waals surface area contributed by atoms with E-state index < -0.39 is 10.0 Å². The van der Waals surface area contributed by atoms with Crippen molar-refractivity contribution in [1.29, 1.82) is 0 Å². The quantitative estimate of drug-likeness (QED) is 0.801. The molecule has 24 heavy (non-hydrogen) atoms. The highest BCUT2D eigenvalue weighted by Gasteiger charge is 2.20. The minimum absolute atomic E-state index is 0.163. The Kier molecular flexibility index (Phi) is 5.12. The minimum Gasteiger partial charge on any atom is -0.395 e. The summed E-state index contributed by atoms with van der Waals surface area (Å²) in [7, 11) is -3.65. The van der Waals surface area contributed by atoms with Crippen LogP contribution in [0.5, 0.6) is 0 Å². The molecule has 0 atom stereocenters. The monoisotopic (exact) mass is 351 g/mol. The molecule has 1 saturated heterocycles. The van der Waals surface area contributed by atoms with Gasteiger partial charge in [-0.1, -0.05) is 17.0 Å². The zero-order valence-corrected chi connectivity index (χ0v) is 14.1. The molecular formula is C15H21N5O3S. The summed E-state index contributed by atoms with van der Waals surface area (Å²) >= 11 is 0. The normalized spacial score (nSPS) is 17.0. The maximum Gasteiger partial charge on any atom is 0.238 e. The molecule has 1 aliphatic rings. The number of likely N-dealkylation sites (tertiary alicyclic amines) is 1. The third-order valence-electron chi connectivity index (χ3n) is 4.18. The van der Waals surface area contributed by atoms with Crippen molar-refractivity contribution in [3.05, 3.63) is 42.2 Å². The van der Waals surface area contributed by atoms with E-state index in [2.05, 4.69) is 15.2 Å². The van der Waals surface area contributed by atoms with Crippen LogP contribution in [0.1, 0.15) is 18.4 Å². The van der Waals surface area contributed by atoms with E-state index in [4.69, 9.17) is 9.98 Å². The number of primary sulfonamides is 1. The first-order valence-electron chi connectivity index (χ1n) is 7.84. The van der Waals surface area contributed by atoms with Crippen LogP contribution < -0.4 is 9.98 Å². The van der Waals surface area contributed by atoms with Crippen molar-refractivity contribution >= 4 is 10.0 Å². The Labute approximate surface area is 141 Å². The lowest BCUT2D eigenvalue weighted by molar-refractivity contribution is 0.0319. The second-order valence-corrected chi connectivity index (χ2v) is 7.57. The number of benzene rings is 1. The highest BCUT2D eigenvalue weighted by Crippen LogP contribution is 2.19. The van der Waals surface area contributed by atoms with Crippen LogP contribution in [-0.2, 0) is 16.6 Å². The number of hydrogen-bond acceptors (Lipinski definition) is 6. The molecule has 130 valence electrons. The lowest BCUT2D eigenvalue weighted by Gasteiger charge is -2.31. The molecule has 1 aliphatic heterocycles. The van der Waals surface area contributed by atoms with Gasteiger partial charge < -0.3 is 4.84 Å². The Bertz CT molecular complexity index is 755. The number of aromatic nitrogens is 3. The van der Waals surface area contributed by atoms with Crippen molar-refractivity contribution in [3.63, 3.8) is 0 Å². The molecule has 0 spiro atoms. The first kappa shape index (κ1) is 16.9. The number of rotatable bonds is 6. The standard InChI is InChI=1S/C15H21N5O3S/c16-24(21,22)15-3-1-2-14(10-15)11-19-7-4-13(5-8-19)12-23-20-9-6-17-18-20/h1-3,6,9-10,13H,4-5,7-8,11-12H2,(H2,16,21,22). The highest BCUT2D eigenvalue weighted by atomic mass is 32.2. The molecule has 2 aromatic rings. The molecule has 1 fully saturated rings. The van der Waals surface area contributed by atoms with Gasteiger partial charge in [0.1, 0.15) is 6.61 Å². The topological polar surface area (TPSA) is 103 Å². The second kappa shape index (κ2) is 7.29. The zero-order valence-electron chi connectivity index (χ0n) is 13.3. The SMILES string of the molecule is NS(=O)(=O)c1cccc(CN2CCC(COn3ccnn3)CC2)c1. The number of nitrogens with zero attached hydrogens (tertiary/aromatic N) is 4. The molecule has 0 radical (unpaired) electrons. The van der Waals surface area contributed by atoms with Gasteiger partial charge in [-0.25, -0.2) is 13.6 Å². The van der Waals surface area contributed by atoms with Crippen LogP contribution in [0.15, 0.2) is 41.6 Å². The van der Waals surface area contributed by atoms with E-state index in [1.807, 2.05) is 6.07 Å². The summed E-state index contributed by atoms with van der Waals surface area (Å²) in [5.41, 5.74) is 0.957. The minimum atomic E-state index is -3.65. The third-order valence-corrected chi connectivity index (χ3v) is 5.09. The number of nitrogens with two attached hydrogens (primary N) is 1. The molecule has 0 aliphatic carbocycles. The van der Waals surface area contributed by atoms with Crippen LogP contribution in [-0.4, -0.2) is 48.2 Å². The van der Waals surface area contributed by atoms with Gasteiger partial charge in [-0.3, -0.25) is 4.90 Å². The van der Waals surface area contributed by atoms with Gasteiger partial charge >= 0.3 is 0 Å². The Hall–Kier alpha value is -1.97. The third kappa shape index (κ3) is 4.53. The fourth-order valence-corrected chi connectivity index (χ4v) is 3.42. The molecular weight excluding hydrogens is 330 g/mol. The van der Waals surface area contributed by atoms with Gasteiger partial charge in [0, 0.05) is 6.54 Å². The van der Waals surface area contributed by atoms with Crippen LogP contribution in [0, 0.1) is 5.92 Å². The summed E-state index contributed by atoms with van der Waals surface area (Å²) in [6.07, 6.45) is 5.32. The van der Waals surface area contributed by atoms with E-state index in [1.54, 1.807) is 24.5 Å². The van der Waals surface area contributed by atoms with Gasteiger partial charge in [0.15, 0.2) is 0 Å². The predicted molar refractivity (Wildman–Crippen MR) is 87.3 cm³/mol. The number of hydrogen-bond donors (Lipinski definition) is 1. The maximum atomic E-state index is 11.4. The van der Waals surface area contributed by atoms with Crippen molar-refractivity contribution in [2.75, 3.05) is 19.7 Å². The summed E-state index contributed by atoms with van der Waals surface area (Å²) in [5.74, 6) is 0.487. The fourth-order valence-electron chi connectivity index (χ4n) is 2.84. The first-order valence-corrected chi connectivity index (χ1v) is 9.39. The predicted octanol–water partition coefficient (Wildman–Crippen LogP) is 0.266. The van der Waals surface area contributed by atoms with E-state index in [0.717, 1.165) is 38.0 Å². The van der Waals surface area contributed by atoms with Crippen LogP contribution in [0.25, 0.3) is 0 Å². The van der Waals surface area contributed by atoms with E-state index in [1.165, 1.54) is 10.9 Å². The fraction of sp³-hybridized carbons (Fsp3) is 0.467. The Morgan fingerprint density at radius 3 is 2.75 bits per heavy atom. The van der Waals surface area contributed by atoms with E-state index in [9.17, 15) is 8.42 Å². The van der Waals surface area contributed by atoms with Gasteiger partial charge in [-0.05, 0) is 54.8 Å². The van der Waals surface area contributed by atoms with E-state index in [0.29, 0.717) is 12.5 Å². The molecule has 3 rings (SSSR count). The molecule has 1 aromatic carbocycles. The van der Waals surface area contributed by atoms with Gasteiger partial charge in [-0.15, -0.1) is 5.10 Å². The molecule has 0 amide bonds. The average molecular weight is 351 g/mol. The van der Waals surface area contributed by atoms with Crippen molar-refractivity contribution in [2.24, 2.45) is 11.1 Å². The lowest BCUT2D eigenvalue weighted by Crippen LogP contribution is -2.36. The van der Waals surface area contributed by atoms with Gasteiger partial charge in [-0.2, -0.15) is 0 Å². The summed E-state index contributed by atoms with van der Waals surface area (Å²) in [4.78, 5) is 9.39. The largest absolute Gasteiger partial charge is 0.395 e. The molecule has 8 nitrogen and oxygen atoms in total. The molecule has 2 heterocycles. The van der Waals surface area contributed by atoms with E-state index >= 15 is 0 Å². The van der Waals surface area contributed by atoms with Gasteiger partial charge in [0.25, 0.3) is 0 Å². The maximum absolute atomic E-state index is 11.4. The summed E-state index contributed by atoms with van der Waals surface area (Å²) < 4.78 is 22.9.